The summed E-state index contributed by atoms with van der Waals surface area (Å²) in [5.74, 6) is 2.28. The molecule has 4 rings (SSSR count). The van der Waals surface area contributed by atoms with Gasteiger partial charge in [0.1, 0.15) is 11.6 Å². The van der Waals surface area contributed by atoms with Gasteiger partial charge in [-0.3, -0.25) is 14.2 Å². The Labute approximate surface area is 210 Å². The fourth-order valence-electron chi connectivity index (χ4n) is 4.51. The van der Waals surface area contributed by atoms with Crippen molar-refractivity contribution in [2.45, 2.75) is 56.5 Å². The third-order valence-corrected chi connectivity index (χ3v) is 7.30. The van der Waals surface area contributed by atoms with Crippen molar-refractivity contribution in [1.29, 1.82) is 0 Å². The Kier molecular flexibility index (Phi) is 8.58. The quantitative estimate of drug-likeness (QED) is 0.317. The highest BCUT2D eigenvalue weighted by Crippen LogP contribution is 2.33. The Hall–Kier alpha value is -3.13. The molecule has 3 aromatic rings. The third kappa shape index (κ3) is 6.51. The summed E-state index contributed by atoms with van der Waals surface area (Å²) in [7, 11) is 1.62. The molecular formula is C27H32N4O3S. The molecule has 1 saturated carbocycles. The Balaban J connectivity index is 1.48. The topological polar surface area (TPSA) is 86.1 Å². The summed E-state index contributed by atoms with van der Waals surface area (Å²) in [6.07, 6.45) is 6.92. The van der Waals surface area contributed by atoms with Crippen LogP contribution < -0.4 is 10.1 Å². The Morgan fingerprint density at radius 1 is 1.09 bits per heavy atom. The largest absolute Gasteiger partial charge is 0.497 e. The van der Waals surface area contributed by atoms with Crippen LogP contribution in [0.1, 0.15) is 66.7 Å². The number of Topliss-reactive ketones (excluding diaryl/α,β-unsaturated/α-hetero) is 1. The molecule has 7 nitrogen and oxygen atoms in total. The van der Waals surface area contributed by atoms with Gasteiger partial charge in [-0.05, 0) is 36.5 Å². The van der Waals surface area contributed by atoms with Crippen molar-refractivity contribution in [3.8, 4) is 11.4 Å². The number of ketones is 1. The molecule has 0 radical (unpaired) electrons. The first-order chi connectivity index (χ1) is 17.0. The molecule has 1 fully saturated rings. The van der Waals surface area contributed by atoms with Gasteiger partial charge >= 0.3 is 0 Å². The van der Waals surface area contributed by atoms with Crippen LogP contribution in [0.3, 0.4) is 0 Å². The van der Waals surface area contributed by atoms with Gasteiger partial charge < -0.3 is 10.1 Å². The van der Waals surface area contributed by atoms with Crippen molar-refractivity contribution in [3.63, 3.8) is 0 Å². The first-order valence-corrected chi connectivity index (χ1v) is 13.1. The average molecular weight is 493 g/mol. The molecule has 35 heavy (non-hydrogen) atoms. The minimum Gasteiger partial charge on any atom is -0.497 e. The SMILES string of the molecule is COc1cccc(-n2c(CCNC(C)=O)nnc2SCC(=O)c2ccc(C3CCCCC3)cc2)c1. The van der Waals surface area contributed by atoms with Crippen LogP contribution in [0.25, 0.3) is 5.69 Å². The number of rotatable bonds is 10. The molecule has 1 aliphatic rings. The van der Waals surface area contributed by atoms with Gasteiger partial charge in [-0.2, -0.15) is 0 Å². The monoisotopic (exact) mass is 492 g/mol. The molecule has 0 spiro atoms. The molecule has 8 heteroatoms. The number of nitrogens with one attached hydrogen (secondary N) is 1. The molecule has 1 amide bonds. The van der Waals surface area contributed by atoms with Crippen LogP contribution in [0.5, 0.6) is 5.75 Å². The van der Waals surface area contributed by atoms with Gasteiger partial charge in [0.25, 0.3) is 0 Å². The summed E-state index contributed by atoms with van der Waals surface area (Å²) in [6.45, 7) is 1.94. The number of hydrogen-bond donors (Lipinski definition) is 1. The molecule has 0 bridgehead atoms. The number of amides is 1. The third-order valence-electron chi connectivity index (χ3n) is 6.38. The number of methoxy groups -OCH3 is 1. The highest BCUT2D eigenvalue weighted by molar-refractivity contribution is 7.99. The Bertz CT molecular complexity index is 1150. The molecular weight excluding hydrogens is 460 g/mol. The molecule has 1 aromatic heterocycles. The molecule has 2 aromatic carbocycles. The predicted octanol–water partition coefficient (Wildman–Crippen LogP) is 4.98. The highest BCUT2D eigenvalue weighted by atomic mass is 32.2. The van der Waals surface area contributed by atoms with E-state index in [1.54, 1.807) is 7.11 Å². The first-order valence-electron chi connectivity index (χ1n) is 12.1. The minimum absolute atomic E-state index is 0.0604. The number of carbonyl (C=O) groups excluding carboxylic acids is 2. The lowest BCUT2D eigenvalue weighted by Crippen LogP contribution is -2.23. The van der Waals surface area contributed by atoms with Gasteiger partial charge in [0.2, 0.25) is 5.91 Å². The summed E-state index contributed by atoms with van der Waals surface area (Å²) in [4.78, 5) is 24.3. The number of benzene rings is 2. The lowest BCUT2D eigenvalue weighted by Gasteiger charge is -2.22. The van der Waals surface area contributed by atoms with E-state index in [1.807, 2.05) is 41.0 Å². The van der Waals surface area contributed by atoms with E-state index in [-0.39, 0.29) is 17.4 Å². The maximum absolute atomic E-state index is 13.0. The van der Waals surface area contributed by atoms with Gasteiger partial charge in [-0.1, -0.05) is 61.4 Å². The highest BCUT2D eigenvalue weighted by Gasteiger charge is 2.18. The maximum atomic E-state index is 13.0. The molecule has 1 heterocycles. The first kappa shape index (κ1) is 25.0. The summed E-state index contributed by atoms with van der Waals surface area (Å²) in [5.41, 5.74) is 2.91. The second kappa shape index (κ2) is 12.0. The van der Waals surface area contributed by atoms with Gasteiger partial charge in [0, 0.05) is 31.5 Å². The van der Waals surface area contributed by atoms with E-state index >= 15 is 0 Å². The van der Waals surface area contributed by atoms with Crippen LogP contribution in [-0.4, -0.2) is 45.9 Å². The van der Waals surface area contributed by atoms with Crippen LogP contribution in [0.2, 0.25) is 0 Å². The number of nitrogens with zero attached hydrogens (tertiary/aromatic N) is 3. The molecule has 0 atom stereocenters. The van der Waals surface area contributed by atoms with Gasteiger partial charge in [-0.15, -0.1) is 10.2 Å². The average Bonchev–Trinajstić information content (AvgIpc) is 3.30. The Morgan fingerprint density at radius 2 is 1.86 bits per heavy atom. The van der Waals surface area contributed by atoms with E-state index in [9.17, 15) is 9.59 Å². The van der Waals surface area contributed by atoms with E-state index < -0.39 is 0 Å². The second-order valence-corrected chi connectivity index (χ2v) is 9.78. The number of ether oxygens (including phenoxy) is 1. The molecule has 184 valence electrons. The standard InChI is InChI=1S/C27H32N4O3S/c1-19(32)28-16-15-26-29-30-27(31(26)23-9-6-10-24(17-23)34-2)35-18-25(33)22-13-11-21(12-14-22)20-7-4-3-5-8-20/h6,9-14,17,20H,3-5,7-8,15-16,18H2,1-2H3,(H,28,32). The number of thioether (sulfide) groups is 1. The normalized spacial score (nSPS) is 14.0. The van der Waals surface area contributed by atoms with Gasteiger partial charge in [-0.25, -0.2) is 0 Å². The van der Waals surface area contributed by atoms with E-state index in [2.05, 4.69) is 27.6 Å². The molecule has 0 saturated heterocycles. The lowest BCUT2D eigenvalue weighted by atomic mass is 9.84. The lowest BCUT2D eigenvalue weighted by molar-refractivity contribution is -0.118. The van der Waals surface area contributed by atoms with Crippen molar-refractivity contribution in [1.82, 2.24) is 20.1 Å². The minimum atomic E-state index is -0.0906. The van der Waals surface area contributed by atoms with Crippen LogP contribution in [0, 0.1) is 0 Å². The zero-order chi connectivity index (χ0) is 24.6. The molecule has 1 N–H and O–H groups in total. The van der Waals surface area contributed by atoms with E-state index in [1.165, 1.54) is 56.4 Å². The van der Waals surface area contributed by atoms with Crippen LogP contribution in [0.4, 0.5) is 0 Å². The van der Waals surface area contributed by atoms with E-state index in [0.29, 0.717) is 35.6 Å². The molecule has 0 aliphatic heterocycles. The van der Waals surface area contributed by atoms with E-state index in [0.717, 1.165) is 11.3 Å². The van der Waals surface area contributed by atoms with Gasteiger partial charge in [0.05, 0.1) is 18.6 Å². The Morgan fingerprint density at radius 3 is 2.57 bits per heavy atom. The molecule has 0 unspecified atom stereocenters. The summed E-state index contributed by atoms with van der Waals surface area (Å²) in [6, 6.07) is 15.8. The second-order valence-electron chi connectivity index (χ2n) is 8.84. The number of aromatic nitrogens is 3. The van der Waals surface area contributed by atoms with Crippen molar-refractivity contribution in [2.75, 3.05) is 19.4 Å². The van der Waals surface area contributed by atoms with Crippen molar-refractivity contribution in [3.05, 3.63) is 65.5 Å². The number of hydrogen-bond acceptors (Lipinski definition) is 6. The van der Waals surface area contributed by atoms with Crippen molar-refractivity contribution >= 4 is 23.5 Å². The zero-order valence-electron chi connectivity index (χ0n) is 20.3. The van der Waals surface area contributed by atoms with Crippen LogP contribution in [-0.2, 0) is 11.2 Å². The summed E-state index contributed by atoms with van der Waals surface area (Å²) < 4.78 is 7.31. The fourth-order valence-corrected chi connectivity index (χ4v) is 5.37. The predicted molar refractivity (Wildman–Crippen MR) is 138 cm³/mol. The smallest absolute Gasteiger partial charge is 0.216 e. The van der Waals surface area contributed by atoms with Crippen molar-refractivity contribution in [2.24, 2.45) is 0 Å². The maximum Gasteiger partial charge on any atom is 0.216 e. The summed E-state index contributed by atoms with van der Waals surface area (Å²) >= 11 is 1.36. The zero-order valence-corrected chi connectivity index (χ0v) is 21.1. The molecule has 1 aliphatic carbocycles. The van der Waals surface area contributed by atoms with E-state index in [4.69, 9.17) is 4.74 Å². The van der Waals surface area contributed by atoms with Crippen molar-refractivity contribution < 1.29 is 14.3 Å². The summed E-state index contributed by atoms with van der Waals surface area (Å²) in [5, 5.41) is 12.1. The van der Waals surface area contributed by atoms with Crippen LogP contribution >= 0.6 is 11.8 Å². The number of carbonyl (C=O) groups is 2. The van der Waals surface area contributed by atoms with Gasteiger partial charge in [0.15, 0.2) is 10.9 Å². The van der Waals surface area contributed by atoms with Crippen LogP contribution in [0.15, 0.2) is 53.7 Å². The fraction of sp³-hybridized carbons (Fsp3) is 0.407.